The number of amides is 1. The van der Waals surface area contributed by atoms with Gasteiger partial charge in [0.25, 0.3) is 15.9 Å². The van der Waals surface area contributed by atoms with Gasteiger partial charge in [0.2, 0.25) is 0 Å². The predicted octanol–water partition coefficient (Wildman–Crippen LogP) is 4.70. The molecule has 148 valence electrons. The first kappa shape index (κ1) is 20.8. The number of benzene rings is 3. The van der Waals surface area contributed by atoms with E-state index in [1.165, 1.54) is 55.5 Å². The van der Waals surface area contributed by atoms with Crippen LogP contribution in [0.3, 0.4) is 0 Å². The highest BCUT2D eigenvalue weighted by Crippen LogP contribution is 2.19. The van der Waals surface area contributed by atoms with Gasteiger partial charge in [-0.25, -0.2) is 8.42 Å². The van der Waals surface area contributed by atoms with Crippen molar-refractivity contribution in [2.24, 2.45) is 0 Å². The van der Waals surface area contributed by atoms with E-state index in [0.717, 1.165) is 4.47 Å². The van der Waals surface area contributed by atoms with E-state index in [9.17, 15) is 18.0 Å². The van der Waals surface area contributed by atoms with Crippen molar-refractivity contribution < 1.29 is 18.0 Å². The van der Waals surface area contributed by atoms with E-state index in [2.05, 4.69) is 26.0 Å². The predicted molar refractivity (Wildman–Crippen MR) is 116 cm³/mol. The molecule has 0 aromatic heterocycles. The van der Waals surface area contributed by atoms with Gasteiger partial charge in [-0.3, -0.25) is 14.3 Å². The standard InChI is InChI=1S/C21H17BrN2O4S/c1-14(25)15-4-12-20(13-5-15)29(27,28)24-19-8-2-16(3-9-19)21(26)23-18-10-6-17(22)7-11-18/h2-13,24H,1H3,(H,23,26). The van der Waals surface area contributed by atoms with Gasteiger partial charge in [0, 0.05) is 27.0 Å². The maximum atomic E-state index is 12.5. The Labute approximate surface area is 177 Å². The minimum Gasteiger partial charge on any atom is -0.322 e. The van der Waals surface area contributed by atoms with Crippen LogP contribution in [0.2, 0.25) is 0 Å². The molecule has 0 unspecified atom stereocenters. The summed E-state index contributed by atoms with van der Waals surface area (Å²) in [6, 6.07) is 18.9. The minimum atomic E-state index is -3.81. The van der Waals surface area contributed by atoms with Crippen molar-refractivity contribution in [3.63, 3.8) is 0 Å². The third-order valence-corrected chi connectivity index (χ3v) is 6.00. The zero-order valence-corrected chi connectivity index (χ0v) is 17.7. The number of ketones is 1. The molecule has 0 saturated heterocycles. The highest BCUT2D eigenvalue weighted by molar-refractivity contribution is 9.10. The van der Waals surface area contributed by atoms with Crippen molar-refractivity contribution in [3.8, 4) is 0 Å². The second-order valence-electron chi connectivity index (χ2n) is 6.22. The Morgan fingerprint density at radius 3 is 1.83 bits per heavy atom. The molecule has 3 aromatic carbocycles. The van der Waals surface area contributed by atoms with Crippen LogP contribution in [0, 0.1) is 0 Å². The van der Waals surface area contributed by atoms with Crippen LogP contribution in [0.15, 0.2) is 82.2 Å². The first-order valence-corrected chi connectivity index (χ1v) is 10.8. The topological polar surface area (TPSA) is 92.3 Å². The molecule has 0 saturated carbocycles. The molecule has 0 radical (unpaired) electrons. The number of Topliss-reactive ketones (excluding diaryl/α,β-unsaturated/α-hetero) is 1. The highest BCUT2D eigenvalue weighted by Gasteiger charge is 2.15. The Morgan fingerprint density at radius 1 is 0.759 bits per heavy atom. The molecule has 3 rings (SSSR count). The molecule has 29 heavy (non-hydrogen) atoms. The fourth-order valence-electron chi connectivity index (χ4n) is 2.51. The van der Waals surface area contributed by atoms with Gasteiger partial charge >= 0.3 is 0 Å². The second-order valence-corrected chi connectivity index (χ2v) is 8.82. The smallest absolute Gasteiger partial charge is 0.261 e. The van der Waals surface area contributed by atoms with Crippen LogP contribution >= 0.6 is 15.9 Å². The number of nitrogens with one attached hydrogen (secondary N) is 2. The molecule has 0 aliphatic rings. The van der Waals surface area contributed by atoms with Crippen molar-refractivity contribution in [1.82, 2.24) is 0 Å². The quantitative estimate of drug-likeness (QED) is 0.508. The molecule has 3 aromatic rings. The number of carbonyl (C=O) groups is 2. The molecule has 8 heteroatoms. The summed E-state index contributed by atoms with van der Waals surface area (Å²) >= 11 is 3.33. The number of carbonyl (C=O) groups excluding carboxylic acids is 2. The average molecular weight is 473 g/mol. The van der Waals surface area contributed by atoms with Gasteiger partial charge in [-0.05, 0) is 67.6 Å². The monoisotopic (exact) mass is 472 g/mol. The number of hydrogen-bond donors (Lipinski definition) is 2. The summed E-state index contributed by atoms with van der Waals surface area (Å²) in [5.41, 5.74) is 1.80. The summed E-state index contributed by atoms with van der Waals surface area (Å²) in [6.07, 6.45) is 0. The van der Waals surface area contributed by atoms with Crippen molar-refractivity contribution in [1.29, 1.82) is 0 Å². The third-order valence-electron chi connectivity index (χ3n) is 4.07. The van der Waals surface area contributed by atoms with Crippen LogP contribution in [0.5, 0.6) is 0 Å². The van der Waals surface area contributed by atoms with Gasteiger partial charge in [-0.2, -0.15) is 0 Å². The number of halogens is 1. The SMILES string of the molecule is CC(=O)c1ccc(S(=O)(=O)Nc2ccc(C(=O)Nc3ccc(Br)cc3)cc2)cc1. The second kappa shape index (κ2) is 8.59. The molecule has 0 fully saturated rings. The zero-order chi connectivity index (χ0) is 21.0. The van der Waals surface area contributed by atoms with Gasteiger partial charge in [0.05, 0.1) is 4.90 Å². The van der Waals surface area contributed by atoms with E-state index >= 15 is 0 Å². The van der Waals surface area contributed by atoms with Crippen molar-refractivity contribution in [2.45, 2.75) is 11.8 Å². The van der Waals surface area contributed by atoms with E-state index in [1.807, 2.05) is 12.1 Å². The Kier molecular flexibility index (Phi) is 6.14. The number of anilines is 2. The molecule has 0 bridgehead atoms. The Morgan fingerprint density at radius 2 is 1.28 bits per heavy atom. The maximum absolute atomic E-state index is 12.5. The summed E-state index contributed by atoms with van der Waals surface area (Å²) in [7, 11) is -3.81. The van der Waals surface area contributed by atoms with Crippen LogP contribution < -0.4 is 10.0 Å². The number of hydrogen-bond acceptors (Lipinski definition) is 4. The van der Waals surface area contributed by atoms with Gasteiger partial charge in [-0.1, -0.05) is 28.1 Å². The molecule has 2 N–H and O–H groups in total. The number of rotatable bonds is 6. The maximum Gasteiger partial charge on any atom is 0.261 e. The van der Waals surface area contributed by atoms with E-state index in [0.29, 0.717) is 22.5 Å². The lowest BCUT2D eigenvalue weighted by molar-refractivity contribution is 0.101. The average Bonchev–Trinajstić information content (AvgIpc) is 2.70. The Bertz CT molecular complexity index is 1140. The minimum absolute atomic E-state index is 0.0413. The molecular formula is C21H17BrN2O4S. The van der Waals surface area contributed by atoms with Crippen LogP contribution in [0.25, 0.3) is 0 Å². The fraction of sp³-hybridized carbons (Fsp3) is 0.0476. The van der Waals surface area contributed by atoms with Crippen LogP contribution in [0.1, 0.15) is 27.6 Å². The van der Waals surface area contributed by atoms with Crippen LogP contribution in [0.4, 0.5) is 11.4 Å². The van der Waals surface area contributed by atoms with Crippen molar-refractivity contribution >= 4 is 49.0 Å². The van der Waals surface area contributed by atoms with E-state index in [-0.39, 0.29) is 16.6 Å². The molecule has 0 aliphatic carbocycles. The molecule has 0 heterocycles. The van der Waals surface area contributed by atoms with Crippen LogP contribution in [-0.2, 0) is 10.0 Å². The Balaban J connectivity index is 1.70. The summed E-state index contributed by atoms with van der Waals surface area (Å²) < 4.78 is 28.3. The summed E-state index contributed by atoms with van der Waals surface area (Å²) in [5.74, 6) is -0.444. The van der Waals surface area contributed by atoms with Crippen LogP contribution in [-0.4, -0.2) is 20.1 Å². The lowest BCUT2D eigenvalue weighted by Crippen LogP contribution is -2.14. The van der Waals surface area contributed by atoms with Crippen molar-refractivity contribution in [3.05, 3.63) is 88.4 Å². The summed E-state index contributed by atoms with van der Waals surface area (Å²) in [5, 5.41) is 2.77. The fourth-order valence-corrected chi connectivity index (χ4v) is 3.83. The molecule has 0 spiro atoms. The van der Waals surface area contributed by atoms with Gasteiger partial charge in [0.15, 0.2) is 5.78 Å². The highest BCUT2D eigenvalue weighted by atomic mass is 79.9. The zero-order valence-electron chi connectivity index (χ0n) is 15.3. The van der Waals surface area contributed by atoms with E-state index in [1.54, 1.807) is 12.1 Å². The van der Waals surface area contributed by atoms with Gasteiger partial charge in [-0.15, -0.1) is 0 Å². The molecule has 0 aliphatic heterocycles. The lowest BCUT2D eigenvalue weighted by Gasteiger charge is -2.10. The lowest BCUT2D eigenvalue weighted by atomic mass is 10.2. The van der Waals surface area contributed by atoms with E-state index in [4.69, 9.17) is 0 Å². The normalized spacial score (nSPS) is 11.0. The molecular weight excluding hydrogens is 456 g/mol. The molecule has 1 amide bonds. The first-order chi connectivity index (χ1) is 13.7. The largest absolute Gasteiger partial charge is 0.322 e. The van der Waals surface area contributed by atoms with Gasteiger partial charge < -0.3 is 5.32 Å². The van der Waals surface area contributed by atoms with Crippen molar-refractivity contribution in [2.75, 3.05) is 10.0 Å². The third kappa shape index (κ3) is 5.30. The number of sulfonamides is 1. The van der Waals surface area contributed by atoms with E-state index < -0.39 is 10.0 Å². The first-order valence-electron chi connectivity index (χ1n) is 8.55. The summed E-state index contributed by atoms with van der Waals surface area (Å²) in [4.78, 5) is 23.7. The molecule has 6 nitrogen and oxygen atoms in total. The van der Waals surface area contributed by atoms with Gasteiger partial charge in [0.1, 0.15) is 0 Å². The summed E-state index contributed by atoms with van der Waals surface area (Å²) in [6.45, 7) is 1.41. The Hall–Kier alpha value is -2.97. The molecule has 0 atom stereocenters.